The van der Waals surface area contributed by atoms with E-state index in [0.29, 0.717) is 5.56 Å². The van der Waals surface area contributed by atoms with E-state index in [1.807, 2.05) is 12.1 Å². The number of rotatable bonds is 0. The van der Waals surface area contributed by atoms with Gasteiger partial charge < -0.3 is 0 Å². The molecule has 0 radical (unpaired) electrons. The van der Waals surface area contributed by atoms with Gasteiger partial charge in [0, 0.05) is 0 Å². The van der Waals surface area contributed by atoms with Crippen molar-refractivity contribution in [3.63, 3.8) is 0 Å². The Balaban J connectivity index is 0.000000461. The zero-order valence-electron chi connectivity index (χ0n) is 5.64. The van der Waals surface area contributed by atoms with Crippen LogP contribution in [0.25, 0.3) is 0 Å². The number of nitrogens with zero attached hydrogens (tertiary/aromatic N) is 1. The molecule has 0 aliphatic carbocycles. The summed E-state index contributed by atoms with van der Waals surface area (Å²) in [5.41, 5.74) is 0.560. The molecule has 11 heavy (non-hydrogen) atoms. The van der Waals surface area contributed by atoms with Crippen molar-refractivity contribution in [2.45, 2.75) is 0 Å². The fraction of sp³-hybridized carbons (Fsp3) is 0. The van der Waals surface area contributed by atoms with Crippen LogP contribution >= 0.6 is 35.7 Å². The number of halogens is 2. The van der Waals surface area contributed by atoms with E-state index in [1.165, 1.54) is 14.8 Å². The fourth-order valence-corrected chi connectivity index (χ4v) is 0.864. The third-order valence-electron chi connectivity index (χ3n) is 0.884. The van der Waals surface area contributed by atoms with Crippen LogP contribution in [-0.4, -0.2) is 0 Å². The first-order valence-corrected chi connectivity index (χ1v) is 12.5. The van der Waals surface area contributed by atoms with Crippen LogP contribution in [0.2, 0.25) is 0 Å². The summed E-state index contributed by atoms with van der Waals surface area (Å²) in [6.07, 6.45) is 0. The summed E-state index contributed by atoms with van der Waals surface area (Å²) < 4.78 is 0.915. The topological polar surface area (TPSA) is 23.8 Å². The van der Waals surface area contributed by atoms with Crippen molar-refractivity contribution >= 4 is 35.7 Å². The van der Waals surface area contributed by atoms with Crippen LogP contribution < -0.4 is 0 Å². The van der Waals surface area contributed by atoms with Crippen LogP contribution in [0.4, 0.5) is 0 Å². The van der Waals surface area contributed by atoms with Gasteiger partial charge in [-0.25, -0.2) is 0 Å². The molecule has 0 fully saturated rings. The molecule has 0 bridgehead atoms. The molecule has 1 aromatic carbocycles. The van der Waals surface area contributed by atoms with Crippen LogP contribution in [0.1, 0.15) is 5.56 Å². The normalized spacial score (nSPS) is 7.55. The predicted molar refractivity (Wildman–Crippen MR) is 51.7 cm³/mol. The number of nitriles is 1. The van der Waals surface area contributed by atoms with E-state index in [2.05, 4.69) is 41.7 Å². The van der Waals surface area contributed by atoms with E-state index >= 15 is 0 Å². The first-order chi connectivity index (χ1) is 5.33. The number of benzene rings is 1. The van der Waals surface area contributed by atoms with E-state index < -0.39 is 0 Å². The van der Waals surface area contributed by atoms with Gasteiger partial charge in [-0.3, -0.25) is 5.26 Å². The van der Waals surface area contributed by atoms with E-state index in [9.17, 15) is 0 Å². The van der Waals surface area contributed by atoms with E-state index in [4.69, 9.17) is 5.26 Å². The Morgan fingerprint density at radius 1 is 1.64 bits per heavy atom. The van der Waals surface area contributed by atoms with Crippen molar-refractivity contribution in [2.24, 2.45) is 0 Å². The van der Waals surface area contributed by atoms with Gasteiger partial charge in [0.1, 0.15) is 0 Å². The minimum atomic E-state index is 0.560. The van der Waals surface area contributed by atoms with Gasteiger partial charge in [0.05, 0.1) is 0 Å². The Bertz CT molecular complexity index is 259. The van der Waals surface area contributed by atoms with Gasteiger partial charge in [-0.05, 0) is 6.07 Å². The van der Waals surface area contributed by atoms with Crippen LogP contribution in [0, 0.1) is 17.4 Å². The van der Waals surface area contributed by atoms with Gasteiger partial charge in [-0.2, -0.15) is 0 Å². The van der Waals surface area contributed by atoms with Crippen molar-refractivity contribution in [1.29, 1.82) is 5.26 Å². The first kappa shape index (κ1) is 11.5. The third-order valence-corrected chi connectivity index (χ3v) is 1.38. The SMILES string of the molecule is N#Cc1[c-]ccc(Br)c1.[Zn+][I]. The molecule has 4 heteroatoms. The van der Waals surface area contributed by atoms with E-state index in [1.54, 1.807) is 12.1 Å². The molecular weight excluding hydrogens is 370 g/mol. The zero-order chi connectivity index (χ0) is 8.69. The van der Waals surface area contributed by atoms with Crippen molar-refractivity contribution < 1.29 is 14.8 Å². The predicted octanol–water partition coefficient (Wildman–Crippen LogP) is 3.00. The fourth-order valence-electron chi connectivity index (χ4n) is 0.503. The average Bonchev–Trinajstić information content (AvgIpc) is 2.08. The quantitative estimate of drug-likeness (QED) is 0.390. The molecule has 0 saturated heterocycles. The summed E-state index contributed by atoms with van der Waals surface area (Å²) >= 11 is 6.85. The molecule has 52 valence electrons. The van der Waals surface area contributed by atoms with Gasteiger partial charge in [0.15, 0.2) is 0 Å². The molecule has 0 atom stereocenters. The van der Waals surface area contributed by atoms with Gasteiger partial charge in [-0.1, -0.05) is 26.0 Å². The Kier molecular flexibility index (Phi) is 7.56. The maximum atomic E-state index is 8.36. The Hall–Kier alpha value is 0.543. The van der Waals surface area contributed by atoms with Gasteiger partial charge in [-0.15, -0.1) is 24.3 Å². The molecule has 0 heterocycles. The minimum absolute atomic E-state index is 0.560. The second kappa shape index (κ2) is 7.21. The van der Waals surface area contributed by atoms with Crippen molar-refractivity contribution in [3.8, 4) is 6.07 Å². The second-order valence-electron chi connectivity index (χ2n) is 1.53. The van der Waals surface area contributed by atoms with Crippen LogP contribution in [0.15, 0.2) is 22.7 Å². The molecule has 0 aliphatic rings. The maximum absolute atomic E-state index is 8.36. The van der Waals surface area contributed by atoms with Gasteiger partial charge in [0.25, 0.3) is 0 Å². The van der Waals surface area contributed by atoms with E-state index in [-0.39, 0.29) is 0 Å². The molecular formula is C7H3BrINZn. The van der Waals surface area contributed by atoms with Crippen molar-refractivity contribution in [3.05, 3.63) is 34.3 Å². The van der Waals surface area contributed by atoms with E-state index in [0.717, 1.165) is 4.47 Å². The van der Waals surface area contributed by atoms with Gasteiger partial charge >= 0.3 is 34.5 Å². The number of hydrogen-bond acceptors (Lipinski definition) is 1. The molecule has 0 unspecified atom stereocenters. The van der Waals surface area contributed by atoms with Gasteiger partial charge in [0.2, 0.25) is 0 Å². The summed E-state index contributed by atoms with van der Waals surface area (Å²) in [4.78, 5) is 0. The molecule has 0 saturated carbocycles. The molecule has 1 rings (SSSR count). The summed E-state index contributed by atoms with van der Waals surface area (Å²) in [7, 11) is 0. The summed E-state index contributed by atoms with van der Waals surface area (Å²) in [6, 6.07) is 10.0. The molecule has 0 spiro atoms. The van der Waals surface area contributed by atoms with Crippen LogP contribution in [0.3, 0.4) is 0 Å². The Morgan fingerprint density at radius 2 is 2.27 bits per heavy atom. The second-order valence-corrected chi connectivity index (χ2v) is 2.45. The summed E-state index contributed by atoms with van der Waals surface area (Å²) in [5.74, 6) is 0. The zero-order valence-corrected chi connectivity index (χ0v) is 12.4. The first-order valence-electron chi connectivity index (χ1n) is 2.67. The summed E-state index contributed by atoms with van der Waals surface area (Å²) in [5, 5.41) is 8.36. The van der Waals surface area contributed by atoms with Crippen molar-refractivity contribution in [2.75, 3.05) is 0 Å². The third kappa shape index (κ3) is 4.89. The summed E-state index contributed by atoms with van der Waals surface area (Å²) in [6.45, 7) is 0. The molecule has 0 aromatic heterocycles. The molecule has 0 aliphatic heterocycles. The number of hydrogen-bond donors (Lipinski definition) is 0. The Labute approximate surface area is 95.2 Å². The monoisotopic (exact) mass is 371 g/mol. The Morgan fingerprint density at radius 3 is 2.64 bits per heavy atom. The molecule has 0 N–H and O–H groups in total. The van der Waals surface area contributed by atoms with Crippen molar-refractivity contribution in [1.82, 2.24) is 0 Å². The average molecular weight is 373 g/mol. The van der Waals surface area contributed by atoms with Crippen LogP contribution in [-0.2, 0) is 14.8 Å². The molecule has 1 aromatic rings. The van der Waals surface area contributed by atoms with Crippen LogP contribution in [0.5, 0.6) is 0 Å². The molecule has 0 amide bonds. The standard InChI is InChI=1S/C7H3BrN.HI.Zn/c8-7-3-1-2-6(4-7)5-9;;/h1,3-4H;1H;/q-1;;+2/p-1. The molecule has 1 nitrogen and oxygen atoms in total.